The number of nitrogens with one attached hydrogen (secondary N) is 1. The Morgan fingerprint density at radius 1 is 1.33 bits per heavy atom. The Kier molecular flexibility index (Phi) is 3.69. The number of aryl methyl sites for hydroxylation is 2. The molecule has 1 saturated heterocycles. The number of rotatable bonds is 3. The van der Waals surface area contributed by atoms with Crippen LogP contribution in [0.5, 0.6) is 0 Å². The number of aromatic amines is 1. The monoisotopic (exact) mass is 324 g/mol. The molecule has 6 heteroatoms. The van der Waals surface area contributed by atoms with Crippen LogP contribution < -0.4 is 5.56 Å². The number of aromatic nitrogens is 3. The van der Waals surface area contributed by atoms with Crippen LogP contribution in [0.4, 0.5) is 0 Å². The zero-order chi connectivity index (χ0) is 16.7. The lowest BCUT2D eigenvalue weighted by Crippen LogP contribution is -2.26. The Labute approximate surface area is 139 Å². The second-order valence-corrected chi connectivity index (χ2v) is 6.40. The van der Waals surface area contributed by atoms with E-state index in [0.717, 1.165) is 54.3 Å². The van der Waals surface area contributed by atoms with Gasteiger partial charge in [-0.3, -0.25) is 9.69 Å². The maximum Gasteiger partial charge on any atom is 0.258 e. The number of fused-ring (bicyclic) bond motifs is 1. The number of benzene rings is 1. The van der Waals surface area contributed by atoms with Crippen molar-refractivity contribution in [3.8, 4) is 0 Å². The summed E-state index contributed by atoms with van der Waals surface area (Å²) in [6.45, 7) is 5.65. The molecular weight excluding hydrogens is 304 g/mol. The lowest BCUT2D eigenvalue weighted by atomic mass is 10.1. The van der Waals surface area contributed by atoms with Crippen molar-refractivity contribution in [2.24, 2.45) is 0 Å². The van der Waals surface area contributed by atoms with Crippen LogP contribution in [-0.2, 0) is 6.54 Å². The van der Waals surface area contributed by atoms with Gasteiger partial charge in [-0.15, -0.1) is 0 Å². The van der Waals surface area contributed by atoms with Gasteiger partial charge in [0, 0.05) is 12.1 Å². The fraction of sp³-hybridized carbons (Fsp3) is 0.389. The number of hydrogen-bond acceptors (Lipinski definition) is 5. The molecule has 1 atom stereocenters. The summed E-state index contributed by atoms with van der Waals surface area (Å²) in [4.78, 5) is 22.4. The van der Waals surface area contributed by atoms with E-state index in [0.29, 0.717) is 5.39 Å². The van der Waals surface area contributed by atoms with Crippen molar-refractivity contribution in [3.05, 3.63) is 57.5 Å². The minimum atomic E-state index is -0.0696. The Morgan fingerprint density at radius 2 is 2.17 bits per heavy atom. The van der Waals surface area contributed by atoms with Crippen LogP contribution in [0.25, 0.3) is 10.9 Å². The van der Waals surface area contributed by atoms with Gasteiger partial charge in [0.25, 0.3) is 5.56 Å². The van der Waals surface area contributed by atoms with Gasteiger partial charge in [0.1, 0.15) is 11.6 Å². The molecule has 24 heavy (non-hydrogen) atoms. The van der Waals surface area contributed by atoms with Crippen LogP contribution in [0.3, 0.4) is 0 Å². The highest BCUT2D eigenvalue weighted by atomic mass is 16.5. The minimum absolute atomic E-state index is 0.0696. The van der Waals surface area contributed by atoms with Crippen LogP contribution in [0, 0.1) is 13.8 Å². The van der Waals surface area contributed by atoms with Gasteiger partial charge < -0.3 is 9.51 Å². The predicted molar refractivity (Wildman–Crippen MR) is 90.7 cm³/mol. The van der Waals surface area contributed by atoms with Gasteiger partial charge >= 0.3 is 0 Å². The average molecular weight is 324 g/mol. The molecule has 0 radical (unpaired) electrons. The molecule has 1 aromatic carbocycles. The molecule has 1 aliphatic heterocycles. The van der Waals surface area contributed by atoms with Gasteiger partial charge in [0.15, 0.2) is 0 Å². The number of nitrogens with zero attached hydrogens (tertiary/aromatic N) is 3. The largest absolute Gasteiger partial charge is 0.361 e. The molecule has 1 fully saturated rings. The van der Waals surface area contributed by atoms with E-state index >= 15 is 0 Å². The summed E-state index contributed by atoms with van der Waals surface area (Å²) in [5, 5.41) is 4.67. The van der Waals surface area contributed by atoms with Crippen molar-refractivity contribution in [1.29, 1.82) is 0 Å². The van der Waals surface area contributed by atoms with Gasteiger partial charge in [0.05, 0.1) is 22.6 Å². The van der Waals surface area contributed by atoms with Crippen LogP contribution >= 0.6 is 0 Å². The summed E-state index contributed by atoms with van der Waals surface area (Å²) in [6, 6.07) is 7.59. The quantitative estimate of drug-likeness (QED) is 0.802. The molecule has 1 aliphatic rings. The highest BCUT2D eigenvalue weighted by molar-refractivity contribution is 5.77. The van der Waals surface area contributed by atoms with E-state index in [2.05, 4.69) is 15.0 Å². The third kappa shape index (κ3) is 2.53. The van der Waals surface area contributed by atoms with Gasteiger partial charge in [-0.1, -0.05) is 17.3 Å². The highest BCUT2D eigenvalue weighted by Gasteiger charge is 2.29. The van der Waals surface area contributed by atoms with E-state index in [9.17, 15) is 4.79 Å². The highest BCUT2D eigenvalue weighted by Crippen LogP contribution is 2.32. The molecule has 0 spiro atoms. The third-order valence-electron chi connectivity index (χ3n) is 4.85. The van der Waals surface area contributed by atoms with E-state index in [-0.39, 0.29) is 11.6 Å². The Hall–Kier alpha value is -2.47. The molecule has 124 valence electrons. The molecular formula is C18H20N4O2. The minimum Gasteiger partial charge on any atom is -0.361 e. The normalized spacial score (nSPS) is 18.5. The Morgan fingerprint density at radius 3 is 2.96 bits per heavy atom. The van der Waals surface area contributed by atoms with E-state index in [1.54, 1.807) is 6.07 Å². The first-order chi connectivity index (χ1) is 11.6. The molecule has 6 nitrogen and oxygen atoms in total. The van der Waals surface area contributed by atoms with Gasteiger partial charge in [-0.2, -0.15) is 0 Å². The van der Waals surface area contributed by atoms with Crippen molar-refractivity contribution in [2.45, 2.75) is 39.3 Å². The van der Waals surface area contributed by atoms with Crippen LogP contribution in [0.15, 0.2) is 33.6 Å². The first kappa shape index (κ1) is 15.1. The molecule has 0 aliphatic carbocycles. The van der Waals surface area contributed by atoms with Crippen molar-refractivity contribution < 1.29 is 4.52 Å². The molecule has 4 rings (SSSR count). The van der Waals surface area contributed by atoms with E-state index in [1.165, 1.54) is 0 Å². The molecule has 2 aromatic heterocycles. The molecule has 0 saturated carbocycles. The molecule has 0 bridgehead atoms. The summed E-state index contributed by atoms with van der Waals surface area (Å²) >= 11 is 0. The van der Waals surface area contributed by atoms with Crippen LogP contribution in [-0.4, -0.2) is 26.6 Å². The average Bonchev–Trinajstić information content (AvgIpc) is 3.17. The van der Waals surface area contributed by atoms with Gasteiger partial charge in [0.2, 0.25) is 0 Å². The summed E-state index contributed by atoms with van der Waals surface area (Å²) in [5.74, 6) is 1.61. The summed E-state index contributed by atoms with van der Waals surface area (Å²) < 4.78 is 5.27. The zero-order valence-electron chi connectivity index (χ0n) is 13.9. The lowest BCUT2D eigenvalue weighted by molar-refractivity contribution is 0.238. The molecule has 1 unspecified atom stereocenters. The van der Waals surface area contributed by atoms with Crippen LogP contribution in [0.2, 0.25) is 0 Å². The van der Waals surface area contributed by atoms with E-state index < -0.39 is 0 Å². The summed E-state index contributed by atoms with van der Waals surface area (Å²) in [6.07, 6.45) is 2.08. The molecule has 3 heterocycles. The first-order valence-electron chi connectivity index (χ1n) is 8.28. The van der Waals surface area contributed by atoms with E-state index in [4.69, 9.17) is 9.51 Å². The maximum atomic E-state index is 12.3. The Bertz CT molecular complexity index is 924. The number of para-hydroxylation sites is 1. The summed E-state index contributed by atoms with van der Waals surface area (Å²) in [5.41, 5.74) is 2.74. The summed E-state index contributed by atoms with van der Waals surface area (Å²) in [7, 11) is 0. The number of hydrogen-bond donors (Lipinski definition) is 1. The second kappa shape index (κ2) is 5.87. The molecule has 3 aromatic rings. The predicted octanol–water partition coefficient (Wildman–Crippen LogP) is 2.87. The van der Waals surface area contributed by atoms with Gasteiger partial charge in [-0.05, 0) is 45.4 Å². The number of likely N-dealkylation sites (tertiary alicyclic amines) is 1. The van der Waals surface area contributed by atoms with Gasteiger partial charge in [-0.25, -0.2) is 4.98 Å². The second-order valence-electron chi connectivity index (χ2n) is 6.40. The van der Waals surface area contributed by atoms with Crippen molar-refractivity contribution in [3.63, 3.8) is 0 Å². The number of H-pyrrole nitrogens is 1. The molecule has 0 amide bonds. The topological polar surface area (TPSA) is 75.0 Å². The maximum absolute atomic E-state index is 12.3. The SMILES string of the molecule is Cc1noc(C)c1CN1CCCC1c1nc2ccccc2c(=O)[nH]1. The molecule has 1 N–H and O–H groups in total. The third-order valence-corrected chi connectivity index (χ3v) is 4.85. The smallest absolute Gasteiger partial charge is 0.258 e. The zero-order valence-corrected chi connectivity index (χ0v) is 13.9. The lowest BCUT2D eigenvalue weighted by Gasteiger charge is -2.23. The van der Waals surface area contributed by atoms with Crippen molar-refractivity contribution in [1.82, 2.24) is 20.0 Å². The van der Waals surface area contributed by atoms with Crippen molar-refractivity contribution >= 4 is 10.9 Å². The first-order valence-corrected chi connectivity index (χ1v) is 8.28. The van der Waals surface area contributed by atoms with Crippen LogP contribution in [0.1, 0.15) is 41.7 Å². The van der Waals surface area contributed by atoms with E-state index in [1.807, 2.05) is 32.0 Å². The van der Waals surface area contributed by atoms with Crippen molar-refractivity contribution in [2.75, 3.05) is 6.54 Å². The Balaban J connectivity index is 1.69. The fourth-order valence-corrected chi connectivity index (χ4v) is 3.52. The fourth-order valence-electron chi connectivity index (χ4n) is 3.52. The standard InChI is InChI=1S/C18H20N4O2/c1-11-14(12(2)24-21-11)10-22-9-5-8-16(22)17-19-15-7-4-3-6-13(15)18(23)20-17/h3-4,6-7,16H,5,8-10H2,1-2H3,(H,19,20,23).